The molecule has 1 nitrogen and oxygen atoms in total. The predicted molar refractivity (Wildman–Crippen MR) is 70.8 cm³/mol. The first kappa shape index (κ1) is 15.4. The second-order valence-corrected chi connectivity index (χ2v) is 5.15. The Morgan fingerprint density at radius 3 is 2.39 bits per heavy atom. The fourth-order valence-electron chi connectivity index (χ4n) is 1.59. The second-order valence-electron chi connectivity index (χ2n) is 3.99. The summed E-state index contributed by atoms with van der Waals surface area (Å²) in [6.07, 6.45) is 3.08. The average Bonchev–Trinajstić information content (AvgIpc) is 2.32. The minimum Gasteiger partial charge on any atom is -0.316 e. The van der Waals surface area contributed by atoms with Crippen LogP contribution >= 0.6 is 11.8 Å². The number of alkyl halides is 3. The third-order valence-electron chi connectivity index (χ3n) is 2.46. The van der Waals surface area contributed by atoms with E-state index in [4.69, 9.17) is 0 Å². The molecule has 1 aromatic carbocycles. The zero-order valence-corrected chi connectivity index (χ0v) is 11.0. The molecule has 0 aromatic heterocycles. The lowest BCUT2D eigenvalue weighted by atomic mass is 10.1. The van der Waals surface area contributed by atoms with Gasteiger partial charge in [0.15, 0.2) is 0 Å². The van der Waals surface area contributed by atoms with E-state index >= 15 is 0 Å². The first-order valence-corrected chi connectivity index (χ1v) is 7.02. The average molecular weight is 277 g/mol. The van der Waals surface area contributed by atoms with Crippen LogP contribution in [0.5, 0.6) is 0 Å². The highest BCUT2D eigenvalue weighted by molar-refractivity contribution is 8.00. The van der Waals surface area contributed by atoms with Crippen LogP contribution in [0.25, 0.3) is 0 Å². The minimum atomic E-state index is -4.10. The van der Waals surface area contributed by atoms with Crippen LogP contribution < -0.4 is 5.32 Å². The molecule has 102 valence electrons. The summed E-state index contributed by atoms with van der Waals surface area (Å²) in [6, 6.07) is 10.2. The molecule has 0 aliphatic carbocycles. The summed E-state index contributed by atoms with van der Waals surface area (Å²) < 4.78 is 35.4. The van der Waals surface area contributed by atoms with Crippen molar-refractivity contribution in [1.29, 1.82) is 0 Å². The fraction of sp³-hybridized carbons (Fsp3) is 0.538. The van der Waals surface area contributed by atoms with Gasteiger partial charge in [-0.3, -0.25) is 0 Å². The molecule has 0 heterocycles. The van der Waals surface area contributed by atoms with Gasteiger partial charge in [-0.1, -0.05) is 30.3 Å². The van der Waals surface area contributed by atoms with Gasteiger partial charge in [-0.25, -0.2) is 0 Å². The molecule has 0 aliphatic rings. The molecule has 0 bridgehead atoms. The number of aryl methyl sites for hydroxylation is 1. The van der Waals surface area contributed by atoms with Crippen LogP contribution in [-0.2, 0) is 6.42 Å². The number of unbranched alkanes of at least 4 members (excludes halogenated alkanes) is 1. The van der Waals surface area contributed by atoms with Crippen LogP contribution in [-0.4, -0.2) is 24.4 Å². The van der Waals surface area contributed by atoms with Crippen molar-refractivity contribution in [3.05, 3.63) is 35.9 Å². The van der Waals surface area contributed by atoms with Crippen molar-refractivity contribution in [3.63, 3.8) is 0 Å². The Morgan fingerprint density at radius 2 is 1.72 bits per heavy atom. The number of benzene rings is 1. The molecular formula is C13H18F3NS. The summed E-state index contributed by atoms with van der Waals surface area (Å²) in [7, 11) is 0. The highest BCUT2D eigenvalue weighted by Gasteiger charge is 2.27. The van der Waals surface area contributed by atoms with E-state index < -0.39 is 5.51 Å². The SMILES string of the molecule is FC(F)(F)SCCNCCCCc1ccccc1. The smallest absolute Gasteiger partial charge is 0.316 e. The summed E-state index contributed by atoms with van der Waals surface area (Å²) in [5.41, 5.74) is -2.79. The van der Waals surface area contributed by atoms with E-state index in [1.54, 1.807) is 0 Å². The number of nitrogens with one attached hydrogen (secondary N) is 1. The van der Waals surface area contributed by atoms with Crippen molar-refractivity contribution in [2.24, 2.45) is 0 Å². The topological polar surface area (TPSA) is 12.0 Å². The zero-order chi connectivity index (χ0) is 13.3. The van der Waals surface area contributed by atoms with E-state index in [9.17, 15) is 13.2 Å². The maximum absolute atomic E-state index is 11.8. The Labute approximate surface area is 110 Å². The molecule has 1 rings (SSSR count). The summed E-state index contributed by atoms with van der Waals surface area (Å²) in [6.45, 7) is 1.20. The Balaban J connectivity index is 1.90. The Morgan fingerprint density at radius 1 is 1.00 bits per heavy atom. The van der Waals surface area contributed by atoms with Gasteiger partial charge in [-0.15, -0.1) is 0 Å². The molecule has 0 aliphatic heterocycles. The van der Waals surface area contributed by atoms with Crippen LogP contribution in [0.1, 0.15) is 18.4 Å². The summed E-state index contributed by atoms with van der Waals surface area (Å²) in [4.78, 5) is 0. The number of halogens is 3. The predicted octanol–water partition coefficient (Wildman–Crippen LogP) is 3.85. The van der Waals surface area contributed by atoms with Crippen molar-refractivity contribution in [2.45, 2.75) is 24.8 Å². The van der Waals surface area contributed by atoms with Crippen molar-refractivity contribution >= 4 is 11.8 Å². The highest BCUT2D eigenvalue weighted by atomic mass is 32.2. The molecule has 0 fully saturated rings. The van der Waals surface area contributed by atoms with Gasteiger partial charge in [0.2, 0.25) is 0 Å². The monoisotopic (exact) mass is 277 g/mol. The van der Waals surface area contributed by atoms with Gasteiger partial charge in [0.25, 0.3) is 0 Å². The molecular weight excluding hydrogens is 259 g/mol. The zero-order valence-electron chi connectivity index (χ0n) is 10.2. The van der Waals surface area contributed by atoms with Crippen LogP contribution in [0.3, 0.4) is 0 Å². The number of hydrogen-bond donors (Lipinski definition) is 1. The van der Waals surface area contributed by atoms with Gasteiger partial charge in [0.1, 0.15) is 0 Å². The molecule has 0 atom stereocenters. The maximum Gasteiger partial charge on any atom is 0.441 e. The molecule has 0 spiro atoms. The maximum atomic E-state index is 11.8. The molecule has 0 unspecified atom stereocenters. The third kappa shape index (κ3) is 8.42. The summed E-state index contributed by atoms with van der Waals surface area (Å²) in [5, 5.41) is 3.02. The molecule has 0 saturated carbocycles. The number of hydrogen-bond acceptors (Lipinski definition) is 2. The molecule has 1 aromatic rings. The summed E-state index contributed by atoms with van der Waals surface area (Å²) >= 11 is 0.0317. The third-order valence-corrected chi connectivity index (χ3v) is 3.19. The van der Waals surface area contributed by atoms with E-state index in [0.29, 0.717) is 6.54 Å². The van der Waals surface area contributed by atoms with Crippen LogP contribution in [0.2, 0.25) is 0 Å². The quantitative estimate of drug-likeness (QED) is 0.724. The summed E-state index contributed by atoms with van der Waals surface area (Å²) in [5.74, 6) is 0.0855. The Kier molecular flexibility index (Phi) is 7.20. The van der Waals surface area contributed by atoms with E-state index in [2.05, 4.69) is 17.4 Å². The molecule has 0 amide bonds. The van der Waals surface area contributed by atoms with Crippen LogP contribution in [0.4, 0.5) is 13.2 Å². The second kappa shape index (κ2) is 8.43. The van der Waals surface area contributed by atoms with Crippen LogP contribution in [0, 0.1) is 0 Å². The molecule has 0 radical (unpaired) electrons. The van der Waals surface area contributed by atoms with E-state index in [1.165, 1.54) is 5.56 Å². The lowest BCUT2D eigenvalue weighted by Gasteiger charge is -2.06. The lowest BCUT2D eigenvalue weighted by molar-refractivity contribution is -0.0327. The van der Waals surface area contributed by atoms with Gasteiger partial charge in [-0.05, 0) is 43.1 Å². The van der Waals surface area contributed by atoms with Gasteiger partial charge in [-0.2, -0.15) is 13.2 Å². The van der Waals surface area contributed by atoms with Gasteiger partial charge in [0.05, 0.1) is 0 Å². The van der Waals surface area contributed by atoms with Crippen molar-refractivity contribution < 1.29 is 13.2 Å². The molecule has 18 heavy (non-hydrogen) atoms. The highest BCUT2D eigenvalue weighted by Crippen LogP contribution is 2.29. The van der Waals surface area contributed by atoms with E-state index in [1.807, 2.05) is 18.2 Å². The van der Waals surface area contributed by atoms with Crippen LogP contribution in [0.15, 0.2) is 30.3 Å². The van der Waals surface area contributed by atoms with E-state index in [-0.39, 0.29) is 17.5 Å². The molecule has 0 saturated heterocycles. The fourth-order valence-corrected chi connectivity index (χ4v) is 2.07. The Bertz CT molecular complexity index is 314. The minimum absolute atomic E-state index is 0.0317. The standard InChI is InChI=1S/C13H18F3NS/c14-13(15,16)18-11-10-17-9-5-4-8-12-6-2-1-3-7-12/h1-3,6-7,17H,4-5,8-11H2. The Hall–Kier alpha value is -0.680. The first-order valence-electron chi connectivity index (χ1n) is 6.03. The van der Waals surface area contributed by atoms with Gasteiger partial charge < -0.3 is 5.32 Å². The largest absolute Gasteiger partial charge is 0.441 e. The lowest BCUT2D eigenvalue weighted by Crippen LogP contribution is -2.20. The molecule has 5 heteroatoms. The van der Waals surface area contributed by atoms with Gasteiger partial charge >= 0.3 is 5.51 Å². The van der Waals surface area contributed by atoms with E-state index in [0.717, 1.165) is 25.8 Å². The van der Waals surface area contributed by atoms with Crippen molar-refractivity contribution in [3.8, 4) is 0 Å². The number of thioether (sulfide) groups is 1. The van der Waals surface area contributed by atoms with Gasteiger partial charge in [0, 0.05) is 12.3 Å². The number of rotatable bonds is 8. The molecule has 1 N–H and O–H groups in total. The van der Waals surface area contributed by atoms with Crippen molar-refractivity contribution in [2.75, 3.05) is 18.8 Å². The van der Waals surface area contributed by atoms with Crippen molar-refractivity contribution in [1.82, 2.24) is 5.32 Å². The normalized spacial score (nSPS) is 11.7. The first-order chi connectivity index (χ1) is 8.58.